The number of hydrogen-bond acceptors (Lipinski definition) is 4. The molecule has 0 fully saturated rings. The number of alkyl halides is 3. The molecule has 6 nitrogen and oxygen atoms in total. The van der Waals surface area contributed by atoms with Gasteiger partial charge >= 0.3 is 6.18 Å². The number of aromatic nitrogens is 2. The average Bonchev–Trinajstić information content (AvgIpc) is 3.01. The molecule has 0 saturated carbocycles. The number of fused-ring (bicyclic) bond motifs is 1. The number of nitrogens with one attached hydrogen (secondary N) is 2. The van der Waals surface area contributed by atoms with Crippen LogP contribution >= 0.6 is 0 Å². The maximum Gasteiger partial charge on any atom is 0.416 e. The fourth-order valence-corrected chi connectivity index (χ4v) is 2.62. The zero-order valence-corrected chi connectivity index (χ0v) is 13.2. The van der Waals surface area contributed by atoms with Crippen LogP contribution in [0.4, 0.5) is 13.2 Å². The summed E-state index contributed by atoms with van der Waals surface area (Å²) in [6, 6.07) is 5.71. The van der Waals surface area contributed by atoms with E-state index in [9.17, 15) is 23.1 Å². The van der Waals surface area contributed by atoms with Crippen LogP contribution in [0.2, 0.25) is 0 Å². The Morgan fingerprint density at radius 3 is 2.72 bits per heavy atom. The summed E-state index contributed by atoms with van der Waals surface area (Å²) >= 11 is 0. The summed E-state index contributed by atoms with van der Waals surface area (Å²) < 4.78 is 39.4. The van der Waals surface area contributed by atoms with E-state index in [1.165, 1.54) is 0 Å². The third-order valence-electron chi connectivity index (χ3n) is 3.97. The molecule has 9 heteroatoms. The van der Waals surface area contributed by atoms with E-state index in [4.69, 9.17) is 0 Å². The first-order valence-electron chi connectivity index (χ1n) is 7.74. The second kappa shape index (κ2) is 6.85. The van der Waals surface area contributed by atoms with E-state index < -0.39 is 23.8 Å². The van der Waals surface area contributed by atoms with E-state index in [-0.39, 0.29) is 12.1 Å². The predicted molar refractivity (Wildman–Crippen MR) is 82.2 cm³/mol. The first-order chi connectivity index (χ1) is 11.8. The molecule has 1 aromatic carbocycles. The van der Waals surface area contributed by atoms with Gasteiger partial charge in [0.1, 0.15) is 0 Å². The Bertz CT molecular complexity index is 732. The van der Waals surface area contributed by atoms with E-state index in [2.05, 4.69) is 15.7 Å². The van der Waals surface area contributed by atoms with Gasteiger partial charge in [-0.15, -0.1) is 0 Å². The minimum atomic E-state index is -4.46. The molecule has 3 N–H and O–H groups in total. The molecule has 0 spiro atoms. The van der Waals surface area contributed by atoms with E-state index >= 15 is 0 Å². The highest BCUT2D eigenvalue weighted by Gasteiger charge is 2.30. The Morgan fingerprint density at radius 2 is 2.08 bits per heavy atom. The molecule has 1 aromatic heterocycles. The molecular formula is C16H17F3N4O2. The molecule has 0 saturated heterocycles. The number of halogens is 3. The number of benzene rings is 1. The van der Waals surface area contributed by atoms with Gasteiger partial charge < -0.3 is 15.7 Å². The normalized spacial score (nSPS) is 15.5. The van der Waals surface area contributed by atoms with Crippen molar-refractivity contribution >= 4 is 5.91 Å². The van der Waals surface area contributed by atoms with Gasteiger partial charge in [-0.05, 0) is 23.8 Å². The molecule has 1 aliphatic rings. The Morgan fingerprint density at radius 1 is 1.36 bits per heavy atom. The number of amides is 1. The second-order valence-corrected chi connectivity index (χ2v) is 5.77. The zero-order valence-electron chi connectivity index (χ0n) is 13.2. The SMILES string of the molecule is O=C(NCc1cc2n(n1)CCNC2)[C@@H](O)c1ccc(C(F)(F)F)cc1. The summed E-state index contributed by atoms with van der Waals surface area (Å²) in [7, 11) is 0. The maximum absolute atomic E-state index is 12.5. The van der Waals surface area contributed by atoms with Crippen LogP contribution < -0.4 is 10.6 Å². The van der Waals surface area contributed by atoms with Gasteiger partial charge in [0, 0.05) is 13.1 Å². The monoisotopic (exact) mass is 354 g/mol. The van der Waals surface area contributed by atoms with Gasteiger partial charge in [0.05, 0.1) is 30.0 Å². The number of aliphatic hydroxyl groups is 1. The highest BCUT2D eigenvalue weighted by molar-refractivity contribution is 5.81. The molecular weight excluding hydrogens is 337 g/mol. The molecule has 1 amide bonds. The van der Waals surface area contributed by atoms with Crippen molar-refractivity contribution in [2.24, 2.45) is 0 Å². The smallest absolute Gasteiger partial charge is 0.378 e. The van der Waals surface area contributed by atoms with Crippen LogP contribution in [-0.2, 0) is 30.6 Å². The molecule has 3 rings (SSSR count). The maximum atomic E-state index is 12.5. The Kier molecular flexibility index (Phi) is 4.78. The average molecular weight is 354 g/mol. The summed E-state index contributed by atoms with van der Waals surface area (Å²) in [6.07, 6.45) is -6.00. The molecule has 134 valence electrons. The lowest BCUT2D eigenvalue weighted by Gasteiger charge is -2.13. The number of carbonyl (C=O) groups excluding carboxylic acids is 1. The predicted octanol–water partition coefficient (Wildman–Crippen LogP) is 1.35. The zero-order chi connectivity index (χ0) is 18.0. The topological polar surface area (TPSA) is 79.2 Å². The standard InChI is InChI=1S/C16H17F3N4O2/c17-16(18,19)11-3-1-10(2-4-11)14(24)15(25)21-8-12-7-13-9-20-5-6-23(13)22-12/h1-4,7,14,20,24H,5-6,8-9H2,(H,21,25)/t14-/m0/s1. The van der Waals surface area contributed by atoms with Gasteiger partial charge in [-0.25, -0.2) is 0 Å². The van der Waals surface area contributed by atoms with Gasteiger partial charge in [0.2, 0.25) is 0 Å². The fourth-order valence-electron chi connectivity index (χ4n) is 2.62. The lowest BCUT2D eigenvalue weighted by Crippen LogP contribution is -2.29. The largest absolute Gasteiger partial charge is 0.416 e. The van der Waals surface area contributed by atoms with Gasteiger partial charge in [-0.3, -0.25) is 9.48 Å². The van der Waals surface area contributed by atoms with Crippen molar-refractivity contribution in [1.29, 1.82) is 0 Å². The molecule has 0 aliphatic carbocycles. The quantitative estimate of drug-likeness (QED) is 0.775. The Balaban J connectivity index is 1.60. The first kappa shape index (κ1) is 17.4. The molecule has 2 heterocycles. The lowest BCUT2D eigenvalue weighted by atomic mass is 10.1. The van der Waals surface area contributed by atoms with Crippen LogP contribution in [-0.4, -0.2) is 27.3 Å². The van der Waals surface area contributed by atoms with Crippen molar-refractivity contribution in [3.8, 4) is 0 Å². The van der Waals surface area contributed by atoms with Crippen molar-refractivity contribution < 1.29 is 23.1 Å². The number of rotatable bonds is 4. The third kappa shape index (κ3) is 3.99. The van der Waals surface area contributed by atoms with Crippen LogP contribution in [0.3, 0.4) is 0 Å². The lowest BCUT2D eigenvalue weighted by molar-refractivity contribution is -0.137. The van der Waals surface area contributed by atoms with Crippen molar-refractivity contribution in [2.45, 2.75) is 31.9 Å². The minimum absolute atomic E-state index is 0.0961. The molecule has 2 aromatic rings. The van der Waals surface area contributed by atoms with Gasteiger partial charge in [-0.2, -0.15) is 18.3 Å². The summed E-state index contributed by atoms with van der Waals surface area (Å²) in [5.74, 6) is -0.691. The van der Waals surface area contributed by atoms with E-state index in [1.807, 2.05) is 10.7 Å². The van der Waals surface area contributed by atoms with Crippen molar-refractivity contribution in [3.05, 3.63) is 52.8 Å². The van der Waals surface area contributed by atoms with E-state index in [1.54, 1.807) is 0 Å². The van der Waals surface area contributed by atoms with Crippen molar-refractivity contribution in [2.75, 3.05) is 6.54 Å². The summed E-state index contributed by atoms with van der Waals surface area (Å²) in [5, 5.41) is 20.1. The van der Waals surface area contributed by atoms with E-state index in [0.29, 0.717) is 12.2 Å². The van der Waals surface area contributed by atoms with Gasteiger partial charge in [0.15, 0.2) is 6.10 Å². The Labute approximate surface area is 141 Å². The van der Waals surface area contributed by atoms with Gasteiger partial charge in [0.25, 0.3) is 5.91 Å². The number of aliphatic hydroxyl groups excluding tert-OH is 1. The van der Waals surface area contributed by atoms with Crippen molar-refractivity contribution in [1.82, 2.24) is 20.4 Å². The van der Waals surface area contributed by atoms with Crippen molar-refractivity contribution in [3.63, 3.8) is 0 Å². The molecule has 1 aliphatic heterocycles. The number of carbonyl (C=O) groups is 1. The summed E-state index contributed by atoms with van der Waals surface area (Å²) in [6.45, 7) is 2.41. The van der Waals surface area contributed by atoms with Gasteiger partial charge in [-0.1, -0.05) is 12.1 Å². The summed E-state index contributed by atoms with van der Waals surface area (Å²) in [4.78, 5) is 12.0. The van der Waals surface area contributed by atoms with Crippen LogP contribution in [0.15, 0.2) is 30.3 Å². The molecule has 0 radical (unpaired) electrons. The highest BCUT2D eigenvalue weighted by atomic mass is 19.4. The molecule has 1 atom stereocenters. The molecule has 0 unspecified atom stereocenters. The number of nitrogens with zero attached hydrogens (tertiary/aromatic N) is 2. The molecule has 0 bridgehead atoms. The van der Waals surface area contributed by atoms with Crippen LogP contribution in [0.5, 0.6) is 0 Å². The van der Waals surface area contributed by atoms with Crippen LogP contribution in [0, 0.1) is 0 Å². The second-order valence-electron chi connectivity index (χ2n) is 5.77. The summed E-state index contributed by atoms with van der Waals surface area (Å²) in [5.41, 5.74) is 0.936. The first-order valence-corrected chi connectivity index (χ1v) is 7.74. The van der Waals surface area contributed by atoms with Crippen LogP contribution in [0.1, 0.15) is 28.6 Å². The number of hydrogen-bond donors (Lipinski definition) is 3. The Hall–Kier alpha value is -2.39. The fraction of sp³-hybridized carbons (Fsp3) is 0.375. The van der Waals surface area contributed by atoms with Crippen LogP contribution in [0.25, 0.3) is 0 Å². The van der Waals surface area contributed by atoms with E-state index in [0.717, 1.165) is 43.0 Å². The third-order valence-corrected chi connectivity index (χ3v) is 3.97. The minimum Gasteiger partial charge on any atom is -0.378 e. The molecule has 25 heavy (non-hydrogen) atoms. The highest BCUT2D eigenvalue weighted by Crippen LogP contribution is 2.29.